The topological polar surface area (TPSA) is 21.6 Å². The molecule has 2 nitrogen and oxygen atoms in total. The third kappa shape index (κ3) is 3.60. The number of oxime groups is 1. The van der Waals surface area contributed by atoms with E-state index in [2.05, 4.69) is 12.1 Å². The second kappa shape index (κ2) is 6.22. The first kappa shape index (κ1) is 12.7. The number of halogens is 1. The summed E-state index contributed by atoms with van der Waals surface area (Å²) in [6, 6.07) is 15.6. The van der Waals surface area contributed by atoms with Gasteiger partial charge in [0.25, 0.3) is 0 Å². The molecule has 0 spiro atoms. The summed E-state index contributed by atoms with van der Waals surface area (Å²) in [4.78, 5) is 5.22. The van der Waals surface area contributed by atoms with Crippen LogP contribution in [0.15, 0.2) is 53.7 Å². The Morgan fingerprint density at radius 2 is 1.83 bits per heavy atom. The molecule has 0 aliphatic rings. The lowest BCUT2D eigenvalue weighted by atomic mass is 10.2. The minimum absolute atomic E-state index is 0.377. The molecule has 0 N–H and O–H groups in total. The van der Waals surface area contributed by atoms with Gasteiger partial charge in [-0.3, -0.25) is 0 Å². The van der Waals surface area contributed by atoms with Crippen molar-refractivity contribution in [2.24, 2.45) is 5.16 Å². The summed E-state index contributed by atoms with van der Waals surface area (Å²) in [5.41, 5.74) is 3.17. The average molecular weight is 260 g/mol. The van der Waals surface area contributed by atoms with Gasteiger partial charge in [0.2, 0.25) is 0 Å². The lowest BCUT2D eigenvalue weighted by Gasteiger charge is -2.01. The first-order chi connectivity index (χ1) is 8.75. The molecule has 2 aromatic carbocycles. The molecule has 0 bridgehead atoms. The van der Waals surface area contributed by atoms with Crippen LogP contribution < -0.4 is 0 Å². The number of nitrogens with zero attached hydrogens (tertiary/aromatic N) is 1. The highest BCUT2D eigenvalue weighted by molar-refractivity contribution is 6.31. The molecule has 0 aliphatic carbocycles. The lowest BCUT2D eigenvalue weighted by molar-refractivity contribution is 0.132. The molecule has 0 aliphatic heterocycles. The van der Waals surface area contributed by atoms with Crippen LogP contribution in [0.3, 0.4) is 0 Å². The largest absolute Gasteiger partial charge is 0.391 e. The molecule has 0 heterocycles. The standard InChI is InChI=1S/C15H14ClNO/c1-12-6-8-13(9-7-12)10-17-18-11-14-4-2-3-5-15(14)16/h2-10H,11H2,1H3. The van der Waals surface area contributed by atoms with E-state index in [1.165, 1.54) is 5.56 Å². The third-order valence-electron chi connectivity index (χ3n) is 2.53. The zero-order chi connectivity index (χ0) is 12.8. The molecule has 0 fully saturated rings. The summed E-state index contributed by atoms with van der Waals surface area (Å²) in [6.07, 6.45) is 1.69. The quantitative estimate of drug-likeness (QED) is 0.596. The van der Waals surface area contributed by atoms with Gasteiger partial charge in [-0.15, -0.1) is 0 Å². The number of rotatable bonds is 4. The van der Waals surface area contributed by atoms with Crippen molar-refractivity contribution < 1.29 is 4.84 Å². The van der Waals surface area contributed by atoms with E-state index in [9.17, 15) is 0 Å². The molecule has 0 radical (unpaired) electrons. The smallest absolute Gasteiger partial charge is 0.143 e. The van der Waals surface area contributed by atoms with Crippen LogP contribution in [-0.2, 0) is 11.4 Å². The fourth-order valence-electron chi connectivity index (χ4n) is 1.47. The Bertz CT molecular complexity index is 534. The maximum absolute atomic E-state index is 6.01. The van der Waals surface area contributed by atoms with E-state index < -0.39 is 0 Å². The zero-order valence-corrected chi connectivity index (χ0v) is 10.9. The minimum atomic E-state index is 0.377. The Kier molecular flexibility index (Phi) is 4.37. The Hall–Kier alpha value is -1.80. The number of hydrogen-bond donors (Lipinski definition) is 0. The normalized spacial score (nSPS) is 10.8. The molecular formula is C15H14ClNO. The summed E-state index contributed by atoms with van der Waals surface area (Å²) >= 11 is 6.01. The van der Waals surface area contributed by atoms with Crippen molar-refractivity contribution in [1.29, 1.82) is 0 Å². The van der Waals surface area contributed by atoms with E-state index >= 15 is 0 Å². The minimum Gasteiger partial charge on any atom is -0.391 e. The van der Waals surface area contributed by atoms with Gasteiger partial charge in [0.05, 0.1) is 6.21 Å². The molecule has 0 saturated heterocycles. The van der Waals surface area contributed by atoms with Gasteiger partial charge < -0.3 is 4.84 Å². The first-order valence-electron chi connectivity index (χ1n) is 5.71. The molecule has 0 aromatic heterocycles. The highest BCUT2D eigenvalue weighted by Crippen LogP contribution is 2.15. The van der Waals surface area contributed by atoms with Crippen LogP contribution in [-0.4, -0.2) is 6.21 Å². The number of benzene rings is 2. The molecule has 0 atom stereocenters. The van der Waals surface area contributed by atoms with Gasteiger partial charge >= 0.3 is 0 Å². The molecule has 18 heavy (non-hydrogen) atoms. The molecule has 92 valence electrons. The van der Waals surface area contributed by atoms with Crippen molar-refractivity contribution in [3.63, 3.8) is 0 Å². The van der Waals surface area contributed by atoms with E-state index in [1.807, 2.05) is 48.5 Å². The molecule has 2 rings (SSSR count). The Morgan fingerprint density at radius 3 is 2.56 bits per heavy atom. The predicted octanol–water partition coefficient (Wildman–Crippen LogP) is 4.20. The molecule has 3 heteroatoms. The van der Waals surface area contributed by atoms with Crippen LogP contribution in [0.5, 0.6) is 0 Å². The first-order valence-corrected chi connectivity index (χ1v) is 6.09. The monoisotopic (exact) mass is 259 g/mol. The van der Waals surface area contributed by atoms with E-state index in [4.69, 9.17) is 16.4 Å². The Balaban J connectivity index is 1.89. The van der Waals surface area contributed by atoms with Crippen molar-refractivity contribution in [1.82, 2.24) is 0 Å². The fourth-order valence-corrected chi connectivity index (χ4v) is 1.66. The van der Waals surface area contributed by atoms with Gasteiger partial charge in [-0.1, -0.05) is 64.8 Å². The molecule has 0 unspecified atom stereocenters. The van der Waals surface area contributed by atoms with Gasteiger partial charge in [-0.2, -0.15) is 0 Å². The number of hydrogen-bond acceptors (Lipinski definition) is 2. The van der Waals surface area contributed by atoms with Crippen LogP contribution >= 0.6 is 11.6 Å². The molecule has 0 amide bonds. The SMILES string of the molecule is Cc1ccc(C=NOCc2ccccc2Cl)cc1. The average Bonchev–Trinajstić information content (AvgIpc) is 2.39. The van der Waals surface area contributed by atoms with Crippen LogP contribution in [0.4, 0.5) is 0 Å². The van der Waals surface area contributed by atoms with E-state index in [1.54, 1.807) is 6.21 Å². The van der Waals surface area contributed by atoms with Crippen molar-refractivity contribution in [3.05, 3.63) is 70.2 Å². The summed E-state index contributed by atoms with van der Waals surface area (Å²) in [7, 11) is 0. The summed E-state index contributed by atoms with van der Waals surface area (Å²) in [5.74, 6) is 0. The van der Waals surface area contributed by atoms with E-state index in [-0.39, 0.29) is 0 Å². The molecular weight excluding hydrogens is 246 g/mol. The Labute approximate surface area is 112 Å². The van der Waals surface area contributed by atoms with E-state index in [0.29, 0.717) is 11.6 Å². The van der Waals surface area contributed by atoms with Crippen LogP contribution in [0.25, 0.3) is 0 Å². The molecule has 2 aromatic rings. The van der Waals surface area contributed by atoms with Crippen molar-refractivity contribution in [2.75, 3.05) is 0 Å². The Morgan fingerprint density at radius 1 is 1.11 bits per heavy atom. The van der Waals surface area contributed by atoms with E-state index in [0.717, 1.165) is 11.1 Å². The van der Waals surface area contributed by atoms with Crippen molar-refractivity contribution in [2.45, 2.75) is 13.5 Å². The van der Waals surface area contributed by atoms with Gasteiger partial charge in [0, 0.05) is 10.6 Å². The lowest BCUT2D eigenvalue weighted by Crippen LogP contribution is -1.89. The van der Waals surface area contributed by atoms with Crippen molar-refractivity contribution >= 4 is 17.8 Å². The fraction of sp³-hybridized carbons (Fsp3) is 0.133. The highest BCUT2D eigenvalue weighted by atomic mass is 35.5. The van der Waals surface area contributed by atoms with Crippen LogP contribution in [0, 0.1) is 6.92 Å². The maximum atomic E-state index is 6.01. The van der Waals surface area contributed by atoms with Gasteiger partial charge in [0.15, 0.2) is 0 Å². The highest BCUT2D eigenvalue weighted by Gasteiger charge is 1.97. The second-order valence-corrected chi connectivity index (χ2v) is 4.42. The number of aryl methyl sites for hydroxylation is 1. The second-order valence-electron chi connectivity index (χ2n) is 4.01. The summed E-state index contributed by atoms with van der Waals surface area (Å²) < 4.78 is 0. The van der Waals surface area contributed by atoms with Crippen LogP contribution in [0.1, 0.15) is 16.7 Å². The molecule has 0 saturated carbocycles. The van der Waals surface area contributed by atoms with Crippen molar-refractivity contribution in [3.8, 4) is 0 Å². The maximum Gasteiger partial charge on any atom is 0.143 e. The van der Waals surface area contributed by atoms with Crippen LogP contribution in [0.2, 0.25) is 5.02 Å². The summed E-state index contributed by atoms with van der Waals surface area (Å²) in [5, 5.41) is 4.62. The third-order valence-corrected chi connectivity index (χ3v) is 2.90. The van der Waals surface area contributed by atoms with Gasteiger partial charge in [-0.25, -0.2) is 0 Å². The predicted molar refractivity (Wildman–Crippen MR) is 75.0 cm³/mol. The zero-order valence-electron chi connectivity index (χ0n) is 10.1. The van der Waals surface area contributed by atoms with Gasteiger partial charge in [-0.05, 0) is 18.6 Å². The summed E-state index contributed by atoms with van der Waals surface area (Å²) in [6.45, 7) is 2.43. The van der Waals surface area contributed by atoms with Gasteiger partial charge in [0.1, 0.15) is 6.61 Å².